The molecule has 1 aromatic heterocycles. The van der Waals surface area contributed by atoms with E-state index in [9.17, 15) is 4.79 Å². The molecule has 0 aliphatic heterocycles. The van der Waals surface area contributed by atoms with E-state index in [-0.39, 0.29) is 12.5 Å². The second kappa shape index (κ2) is 6.58. The van der Waals surface area contributed by atoms with Gasteiger partial charge in [-0.2, -0.15) is 0 Å². The monoisotopic (exact) mass is 291 g/mol. The number of carbonyl (C=O) groups excluding carboxylic acids is 1. The van der Waals surface area contributed by atoms with Crippen molar-refractivity contribution in [3.63, 3.8) is 0 Å². The van der Waals surface area contributed by atoms with Gasteiger partial charge in [-0.3, -0.25) is 9.36 Å². The third-order valence-corrected chi connectivity index (χ3v) is 3.61. The first-order valence-corrected chi connectivity index (χ1v) is 7.44. The molecule has 0 spiro atoms. The van der Waals surface area contributed by atoms with Gasteiger partial charge in [0.2, 0.25) is 0 Å². The highest BCUT2D eigenvalue weighted by atomic mass is 32.2. The minimum atomic E-state index is -0.105. The largest absolute Gasteiger partial charge is 0.395 e. The van der Waals surface area contributed by atoms with Crippen molar-refractivity contribution in [1.82, 2.24) is 14.5 Å². The second-order valence-corrected chi connectivity index (χ2v) is 5.06. The van der Waals surface area contributed by atoms with Gasteiger partial charge in [0, 0.05) is 37.2 Å². The van der Waals surface area contributed by atoms with E-state index < -0.39 is 0 Å². The summed E-state index contributed by atoms with van der Waals surface area (Å²) in [4.78, 5) is 17.9. The van der Waals surface area contributed by atoms with E-state index in [2.05, 4.69) is 4.98 Å². The molecular formula is C14H17N3O2S. The Morgan fingerprint density at radius 1 is 1.50 bits per heavy atom. The average Bonchev–Trinajstić information content (AvgIpc) is 2.95. The zero-order valence-electron chi connectivity index (χ0n) is 11.5. The molecule has 0 atom stereocenters. The van der Waals surface area contributed by atoms with Crippen LogP contribution in [0.2, 0.25) is 0 Å². The maximum atomic E-state index is 12.2. The molecule has 0 fully saturated rings. The fourth-order valence-corrected chi connectivity index (χ4v) is 2.43. The minimum absolute atomic E-state index is 0.0416. The number of aliphatic hydroxyl groups is 1. The number of likely N-dealkylation sites (N-methyl/N-ethyl adjacent to an activating group) is 1. The van der Waals surface area contributed by atoms with Crippen molar-refractivity contribution >= 4 is 17.7 Å². The minimum Gasteiger partial charge on any atom is -0.395 e. The zero-order chi connectivity index (χ0) is 14.5. The topological polar surface area (TPSA) is 58.4 Å². The van der Waals surface area contributed by atoms with Gasteiger partial charge >= 0.3 is 0 Å². The maximum absolute atomic E-state index is 12.2. The van der Waals surface area contributed by atoms with Gasteiger partial charge in [-0.15, -0.1) is 0 Å². The number of aliphatic hydroxyl groups excluding tert-OH is 1. The lowest BCUT2D eigenvalue weighted by Gasteiger charge is -2.16. The van der Waals surface area contributed by atoms with Crippen LogP contribution in [0.4, 0.5) is 0 Å². The number of nitrogens with zero attached hydrogens (tertiary/aromatic N) is 3. The second-order valence-electron chi connectivity index (χ2n) is 4.28. The molecule has 0 saturated carbocycles. The summed E-state index contributed by atoms with van der Waals surface area (Å²) in [5.74, 6) is -0.105. The standard InChI is InChI=1S/C14H17N3O2S/c1-16(8-9-18)13(19)11-4-3-5-12(10-11)17-7-6-15-14(17)20-2/h3-7,10,18H,8-9H2,1-2H3. The Bertz CT molecular complexity index is 598. The molecule has 0 aliphatic rings. The van der Waals surface area contributed by atoms with Crippen LogP contribution < -0.4 is 0 Å². The van der Waals surface area contributed by atoms with Crippen molar-refractivity contribution in [2.75, 3.05) is 26.5 Å². The summed E-state index contributed by atoms with van der Waals surface area (Å²) in [6.45, 7) is 0.282. The zero-order valence-corrected chi connectivity index (χ0v) is 12.3. The molecule has 1 aromatic carbocycles. The molecule has 0 saturated heterocycles. The van der Waals surface area contributed by atoms with E-state index in [0.29, 0.717) is 12.1 Å². The SMILES string of the molecule is CSc1nccn1-c1cccc(C(=O)N(C)CCO)c1. The Balaban J connectivity index is 2.31. The summed E-state index contributed by atoms with van der Waals surface area (Å²) < 4.78 is 1.94. The molecule has 2 rings (SSSR count). The first kappa shape index (κ1) is 14.6. The number of amides is 1. The van der Waals surface area contributed by atoms with E-state index in [4.69, 9.17) is 5.11 Å². The van der Waals surface area contributed by atoms with Gasteiger partial charge in [0.25, 0.3) is 5.91 Å². The van der Waals surface area contributed by atoms with Gasteiger partial charge < -0.3 is 10.0 Å². The van der Waals surface area contributed by atoms with E-state index in [1.165, 1.54) is 4.90 Å². The van der Waals surface area contributed by atoms with Crippen molar-refractivity contribution in [1.29, 1.82) is 0 Å². The predicted molar refractivity (Wildman–Crippen MR) is 79.4 cm³/mol. The molecule has 5 nitrogen and oxygen atoms in total. The van der Waals surface area contributed by atoms with Gasteiger partial charge in [-0.05, 0) is 24.5 Å². The summed E-state index contributed by atoms with van der Waals surface area (Å²) in [6, 6.07) is 7.39. The van der Waals surface area contributed by atoms with Gasteiger partial charge in [-0.1, -0.05) is 17.8 Å². The first-order valence-electron chi connectivity index (χ1n) is 6.21. The van der Waals surface area contributed by atoms with Crippen LogP contribution in [-0.4, -0.2) is 51.9 Å². The molecule has 106 valence electrons. The molecule has 6 heteroatoms. The molecular weight excluding hydrogens is 274 g/mol. The highest BCUT2D eigenvalue weighted by Gasteiger charge is 2.12. The number of hydrogen-bond donors (Lipinski definition) is 1. The normalized spacial score (nSPS) is 10.6. The number of carbonyl (C=O) groups is 1. The van der Waals surface area contributed by atoms with Crippen molar-refractivity contribution in [3.8, 4) is 5.69 Å². The van der Waals surface area contributed by atoms with Crippen LogP contribution in [0.1, 0.15) is 10.4 Å². The summed E-state index contributed by atoms with van der Waals surface area (Å²) in [7, 11) is 1.68. The van der Waals surface area contributed by atoms with E-state index in [0.717, 1.165) is 10.8 Å². The fourth-order valence-electron chi connectivity index (χ4n) is 1.90. The average molecular weight is 291 g/mol. The smallest absolute Gasteiger partial charge is 0.253 e. The van der Waals surface area contributed by atoms with Crippen LogP contribution in [0.5, 0.6) is 0 Å². The maximum Gasteiger partial charge on any atom is 0.253 e. The van der Waals surface area contributed by atoms with Gasteiger partial charge in [-0.25, -0.2) is 4.98 Å². The number of rotatable bonds is 5. The molecule has 0 radical (unpaired) electrons. The van der Waals surface area contributed by atoms with Crippen LogP contribution in [0, 0.1) is 0 Å². The number of aromatic nitrogens is 2. The predicted octanol–water partition coefficient (Wildman–Crippen LogP) is 1.66. The van der Waals surface area contributed by atoms with Crippen molar-refractivity contribution in [2.24, 2.45) is 0 Å². The molecule has 0 aliphatic carbocycles. The first-order chi connectivity index (χ1) is 9.67. The van der Waals surface area contributed by atoms with Gasteiger partial charge in [0.05, 0.1) is 6.61 Å². The van der Waals surface area contributed by atoms with E-state index in [1.807, 2.05) is 35.2 Å². The van der Waals surface area contributed by atoms with Crippen LogP contribution in [0.3, 0.4) is 0 Å². The van der Waals surface area contributed by atoms with Crippen LogP contribution in [0.25, 0.3) is 5.69 Å². The summed E-state index contributed by atoms with van der Waals surface area (Å²) in [6.07, 6.45) is 5.56. The Hall–Kier alpha value is -1.79. The van der Waals surface area contributed by atoms with Crippen molar-refractivity contribution < 1.29 is 9.90 Å². The lowest BCUT2D eigenvalue weighted by atomic mass is 10.1. The quantitative estimate of drug-likeness (QED) is 0.851. The number of hydrogen-bond acceptors (Lipinski definition) is 4. The number of imidazole rings is 1. The van der Waals surface area contributed by atoms with Crippen LogP contribution in [0.15, 0.2) is 41.8 Å². The highest BCUT2D eigenvalue weighted by molar-refractivity contribution is 7.98. The number of benzene rings is 1. The van der Waals surface area contributed by atoms with Crippen molar-refractivity contribution in [2.45, 2.75) is 5.16 Å². The lowest BCUT2D eigenvalue weighted by Crippen LogP contribution is -2.29. The fraction of sp³-hybridized carbons (Fsp3) is 0.286. The van der Waals surface area contributed by atoms with Gasteiger partial charge in [0.15, 0.2) is 5.16 Å². The summed E-state index contributed by atoms with van der Waals surface area (Å²) in [5, 5.41) is 9.77. The van der Waals surface area contributed by atoms with Gasteiger partial charge in [0.1, 0.15) is 0 Å². The van der Waals surface area contributed by atoms with Crippen LogP contribution in [-0.2, 0) is 0 Å². The molecule has 1 heterocycles. The number of thioether (sulfide) groups is 1. The Morgan fingerprint density at radius 3 is 3.00 bits per heavy atom. The lowest BCUT2D eigenvalue weighted by molar-refractivity contribution is 0.0767. The summed E-state index contributed by atoms with van der Waals surface area (Å²) in [5.41, 5.74) is 1.49. The van der Waals surface area contributed by atoms with Crippen molar-refractivity contribution in [3.05, 3.63) is 42.2 Å². The molecule has 1 N–H and O–H groups in total. The molecule has 1 amide bonds. The molecule has 0 unspecified atom stereocenters. The molecule has 0 bridgehead atoms. The molecule has 2 aromatic rings. The Morgan fingerprint density at radius 2 is 2.30 bits per heavy atom. The van der Waals surface area contributed by atoms with Crippen LogP contribution >= 0.6 is 11.8 Å². The summed E-state index contributed by atoms with van der Waals surface area (Å²) >= 11 is 1.55. The third kappa shape index (κ3) is 3.02. The Labute approximate surface area is 122 Å². The van der Waals surface area contributed by atoms with E-state index in [1.54, 1.807) is 31.1 Å². The molecule has 20 heavy (non-hydrogen) atoms. The van der Waals surface area contributed by atoms with E-state index >= 15 is 0 Å². The third-order valence-electron chi connectivity index (χ3n) is 2.94. The Kier molecular flexibility index (Phi) is 4.81. The highest BCUT2D eigenvalue weighted by Crippen LogP contribution is 2.19.